The highest BCUT2D eigenvalue weighted by molar-refractivity contribution is 5.83. The molecule has 6 nitrogen and oxygen atoms in total. The molecule has 1 fully saturated rings. The van der Waals surface area contributed by atoms with E-state index in [1.807, 2.05) is 18.2 Å². The van der Waals surface area contributed by atoms with E-state index in [4.69, 9.17) is 4.74 Å². The number of aromatic amines is 2. The van der Waals surface area contributed by atoms with Crippen LogP contribution in [0.2, 0.25) is 0 Å². The number of hydrogen-bond acceptors (Lipinski definition) is 4. The van der Waals surface area contributed by atoms with Crippen molar-refractivity contribution in [2.45, 2.75) is 18.9 Å². The summed E-state index contributed by atoms with van der Waals surface area (Å²) in [4.78, 5) is 10.3. The fraction of sp³-hybridized carbons (Fsp3) is 0.250. The quantitative estimate of drug-likeness (QED) is 0.469. The topological polar surface area (TPSA) is 69.8 Å². The fourth-order valence-electron chi connectivity index (χ4n) is 3.91. The second-order valence-corrected chi connectivity index (χ2v) is 8.05. The Hall–Kier alpha value is -3.52. The number of aromatic nitrogens is 4. The molecule has 0 saturated carbocycles. The Labute approximate surface area is 183 Å². The molecular weight excluding hydrogens is 412 g/mol. The van der Waals surface area contributed by atoms with Crippen molar-refractivity contribution in [3.8, 4) is 17.3 Å². The van der Waals surface area contributed by atoms with Crippen LogP contribution in [0.3, 0.4) is 0 Å². The highest BCUT2D eigenvalue weighted by Gasteiger charge is 2.19. The third-order valence-electron chi connectivity index (χ3n) is 5.74. The van der Waals surface area contributed by atoms with Gasteiger partial charge in [0.1, 0.15) is 17.5 Å². The first-order valence-corrected chi connectivity index (χ1v) is 10.6. The van der Waals surface area contributed by atoms with Crippen LogP contribution in [-0.4, -0.2) is 51.3 Å². The average molecular weight is 435 g/mol. The normalized spacial score (nSPS) is 15.7. The third-order valence-corrected chi connectivity index (χ3v) is 5.74. The van der Waals surface area contributed by atoms with Gasteiger partial charge >= 0.3 is 0 Å². The van der Waals surface area contributed by atoms with Crippen LogP contribution < -0.4 is 4.74 Å². The SMILES string of the molecule is CN1CCC(Oc2ccc3[nH]c(-c4n[nH]cc4/C=C/c4cccc(F)c4F)nc3c2)CC1. The van der Waals surface area contributed by atoms with Gasteiger partial charge in [0, 0.05) is 36.5 Å². The van der Waals surface area contributed by atoms with Crippen molar-refractivity contribution in [2.75, 3.05) is 20.1 Å². The zero-order valence-electron chi connectivity index (χ0n) is 17.6. The lowest BCUT2D eigenvalue weighted by molar-refractivity contribution is 0.114. The van der Waals surface area contributed by atoms with Crippen molar-refractivity contribution in [1.82, 2.24) is 25.1 Å². The molecule has 2 N–H and O–H groups in total. The number of nitrogens with zero attached hydrogens (tertiary/aromatic N) is 3. The number of likely N-dealkylation sites (tertiary alicyclic amines) is 1. The Morgan fingerprint density at radius 3 is 2.75 bits per heavy atom. The Morgan fingerprint density at radius 2 is 1.91 bits per heavy atom. The Bertz CT molecular complexity index is 1270. The Morgan fingerprint density at radius 1 is 1.09 bits per heavy atom. The third kappa shape index (κ3) is 4.13. The first kappa shape index (κ1) is 20.4. The van der Waals surface area contributed by atoms with Crippen molar-refractivity contribution in [3.05, 3.63) is 65.4 Å². The maximum Gasteiger partial charge on any atom is 0.166 e. The highest BCUT2D eigenvalue weighted by atomic mass is 19.2. The minimum atomic E-state index is -0.880. The zero-order valence-corrected chi connectivity index (χ0v) is 17.6. The number of imidazole rings is 1. The van der Waals surface area contributed by atoms with Gasteiger partial charge in [0.15, 0.2) is 17.5 Å². The van der Waals surface area contributed by atoms with Crippen molar-refractivity contribution in [2.24, 2.45) is 0 Å². The van der Waals surface area contributed by atoms with Gasteiger partial charge in [-0.25, -0.2) is 13.8 Å². The van der Waals surface area contributed by atoms with E-state index in [-0.39, 0.29) is 11.7 Å². The van der Waals surface area contributed by atoms with E-state index >= 15 is 0 Å². The average Bonchev–Trinajstić information content (AvgIpc) is 3.42. The van der Waals surface area contributed by atoms with Gasteiger partial charge in [0.05, 0.1) is 11.0 Å². The van der Waals surface area contributed by atoms with Gasteiger partial charge in [-0.2, -0.15) is 5.10 Å². The van der Waals surface area contributed by atoms with Gasteiger partial charge < -0.3 is 14.6 Å². The molecule has 5 rings (SSSR count). The number of fused-ring (bicyclic) bond motifs is 1. The van der Waals surface area contributed by atoms with Crippen molar-refractivity contribution in [3.63, 3.8) is 0 Å². The number of nitrogens with one attached hydrogen (secondary N) is 2. The fourth-order valence-corrected chi connectivity index (χ4v) is 3.91. The smallest absolute Gasteiger partial charge is 0.166 e. The highest BCUT2D eigenvalue weighted by Crippen LogP contribution is 2.27. The van der Waals surface area contributed by atoms with Gasteiger partial charge in [0.2, 0.25) is 0 Å². The lowest BCUT2D eigenvalue weighted by Crippen LogP contribution is -2.35. The van der Waals surface area contributed by atoms with E-state index in [2.05, 4.69) is 32.1 Å². The molecule has 0 atom stereocenters. The maximum atomic E-state index is 13.9. The minimum Gasteiger partial charge on any atom is -0.490 e. The molecular formula is C24H23F2N5O. The molecule has 2 aromatic heterocycles. The van der Waals surface area contributed by atoms with E-state index in [1.54, 1.807) is 12.3 Å². The molecule has 0 amide bonds. The van der Waals surface area contributed by atoms with E-state index in [0.717, 1.165) is 48.8 Å². The van der Waals surface area contributed by atoms with Gasteiger partial charge in [-0.1, -0.05) is 24.3 Å². The van der Waals surface area contributed by atoms with Crippen LogP contribution >= 0.6 is 0 Å². The van der Waals surface area contributed by atoms with Crippen LogP contribution in [0.25, 0.3) is 34.7 Å². The summed E-state index contributed by atoms with van der Waals surface area (Å²) >= 11 is 0. The first-order valence-electron chi connectivity index (χ1n) is 10.6. The molecule has 3 heterocycles. The van der Waals surface area contributed by atoms with Crippen molar-refractivity contribution >= 4 is 23.2 Å². The van der Waals surface area contributed by atoms with Gasteiger partial charge in [0.25, 0.3) is 0 Å². The predicted molar refractivity (Wildman–Crippen MR) is 120 cm³/mol. The molecule has 2 aromatic carbocycles. The van der Waals surface area contributed by atoms with Gasteiger partial charge in [-0.15, -0.1) is 0 Å². The summed E-state index contributed by atoms with van der Waals surface area (Å²) in [5.74, 6) is -0.379. The number of benzene rings is 2. The van der Waals surface area contributed by atoms with Crippen LogP contribution in [0.15, 0.2) is 42.6 Å². The second kappa shape index (κ2) is 8.55. The molecule has 0 bridgehead atoms. The number of piperidine rings is 1. The molecule has 0 spiro atoms. The van der Waals surface area contributed by atoms with E-state index in [1.165, 1.54) is 18.2 Å². The van der Waals surface area contributed by atoms with E-state index in [0.29, 0.717) is 17.1 Å². The number of H-pyrrole nitrogens is 2. The summed E-state index contributed by atoms with van der Waals surface area (Å²) in [6, 6.07) is 9.90. The zero-order chi connectivity index (χ0) is 22.1. The number of rotatable bonds is 5. The molecule has 4 aromatic rings. The number of hydrogen-bond donors (Lipinski definition) is 2. The molecule has 32 heavy (non-hydrogen) atoms. The van der Waals surface area contributed by atoms with E-state index < -0.39 is 11.6 Å². The summed E-state index contributed by atoms with van der Waals surface area (Å²) in [7, 11) is 2.13. The summed E-state index contributed by atoms with van der Waals surface area (Å²) in [6.07, 6.45) is 7.12. The van der Waals surface area contributed by atoms with Gasteiger partial charge in [-0.3, -0.25) is 5.10 Å². The number of halogens is 2. The largest absolute Gasteiger partial charge is 0.490 e. The maximum absolute atomic E-state index is 13.9. The number of ether oxygens (including phenoxy) is 1. The molecule has 0 unspecified atom stereocenters. The lowest BCUT2D eigenvalue weighted by Gasteiger charge is -2.29. The summed E-state index contributed by atoms with van der Waals surface area (Å²) in [5.41, 5.74) is 3.10. The second-order valence-electron chi connectivity index (χ2n) is 8.05. The molecule has 0 aliphatic carbocycles. The monoisotopic (exact) mass is 435 g/mol. The van der Waals surface area contributed by atoms with E-state index in [9.17, 15) is 8.78 Å². The summed E-state index contributed by atoms with van der Waals surface area (Å²) < 4.78 is 33.6. The standard InChI is InChI=1S/C24H23F2N5O/c1-31-11-9-17(10-12-31)32-18-7-8-20-21(13-18)29-24(28-20)23-16(14-27-30-23)6-5-15-3-2-4-19(25)22(15)26/h2-8,13-14,17H,9-12H2,1H3,(H,27,30)(H,28,29)/b6-5+. The molecule has 1 aliphatic heterocycles. The summed E-state index contributed by atoms with van der Waals surface area (Å²) in [6.45, 7) is 2.07. The predicted octanol–water partition coefficient (Wildman–Crippen LogP) is 4.87. The Balaban J connectivity index is 1.38. The lowest BCUT2D eigenvalue weighted by atomic mass is 10.1. The minimum absolute atomic E-state index is 0.164. The molecule has 164 valence electrons. The molecule has 8 heteroatoms. The van der Waals surface area contributed by atoms with Crippen LogP contribution in [0.5, 0.6) is 5.75 Å². The van der Waals surface area contributed by atoms with Gasteiger partial charge in [-0.05, 0) is 38.1 Å². The van der Waals surface area contributed by atoms with Crippen LogP contribution in [0, 0.1) is 11.6 Å². The van der Waals surface area contributed by atoms with Crippen LogP contribution in [0.4, 0.5) is 8.78 Å². The van der Waals surface area contributed by atoms with Crippen molar-refractivity contribution in [1.29, 1.82) is 0 Å². The molecule has 0 radical (unpaired) electrons. The molecule has 1 aliphatic rings. The molecule has 1 saturated heterocycles. The Kier molecular flexibility index (Phi) is 5.45. The van der Waals surface area contributed by atoms with Crippen LogP contribution in [0.1, 0.15) is 24.0 Å². The summed E-state index contributed by atoms with van der Waals surface area (Å²) in [5, 5.41) is 7.10. The van der Waals surface area contributed by atoms with Crippen LogP contribution in [-0.2, 0) is 0 Å². The van der Waals surface area contributed by atoms with Crippen molar-refractivity contribution < 1.29 is 13.5 Å². The first-order chi connectivity index (χ1) is 15.6.